The van der Waals surface area contributed by atoms with Crippen LogP contribution in [0.1, 0.15) is 16.7 Å². The molecule has 0 atom stereocenters. The van der Waals surface area contributed by atoms with E-state index in [0.717, 1.165) is 5.56 Å². The summed E-state index contributed by atoms with van der Waals surface area (Å²) in [6.45, 7) is 1.62. The molecule has 0 saturated heterocycles. The standard InChI is InChI=1S/C14H10Cl2F2/c1-8-11(15)4-3-10(14(8)18)6-9-2-5-13(17)12(16)7-9/h2-5,7H,6H2,1H3. The predicted molar refractivity (Wildman–Crippen MR) is 70.4 cm³/mol. The van der Waals surface area contributed by atoms with Crippen LogP contribution in [0.2, 0.25) is 10.0 Å². The quantitative estimate of drug-likeness (QED) is 0.714. The topological polar surface area (TPSA) is 0 Å². The first kappa shape index (κ1) is 13.3. The van der Waals surface area contributed by atoms with E-state index in [1.807, 2.05) is 0 Å². The third-order valence-electron chi connectivity index (χ3n) is 2.78. The zero-order chi connectivity index (χ0) is 13.3. The van der Waals surface area contributed by atoms with Crippen LogP contribution in [0.5, 0.6) is 0 Å². The molecule has 0 saturated carbocycles. The van der Waals surface area contributed by atoms with Crippen LogP contribution >= 0.6 is 23.2 Å². The molecule has 0 amide bonds. The van der Waals surface area contributed by atoms with Crippen LogP contribution in [0.4, 0.5) is 8.78 Å². The van der Waals surface area contributed by atoms with Gasteiger partial charge >= 0.3 is 0 Å². The Balaban J connectivity index is 2.34. The van der Waals surface area contributed by atoms with Gasteiger partial charge in [-0.15, -0.1) is 0 Å². The van der Waals surface area contributed by atoms with Crippen molar-refractivity contribution in [2.24, 2.45) is 0 Å². The highest BCUT2D eigenvalue weighted by molar-refractivity contribution is 6.31. The van der Waals surface area contributed by atoms with Gasteiger partial charge in [0.25, 0.3) is 0 Å². The first-order chi connectivity index (χ1) is 8.49. The van der Waals surface area contributed by atoms with Gasteiger partial charge in [0.15, 0.2) is 0 Å². The summed E-state index contributed by atoms with van der Waals surface area (Å²) in [5, 5.41) is 0.437. The van der Waals surface area contributed by atoms with Gasteiger partial charge in [0.1, 0.15) is 11.6 Å². The van der Waals surface area contributed by atoms with Crippen LogP contribution < -0.4 is 0 Å². The van der Waals surface area contributed by atoms with E-state index >= 15 is 0 Å². The molecule has 0 radical (unpaired) electrons. The van der Waals surface area contributed by atoms with Gasteiger partial charge in [-0.1, -0.05) is 35.3 Å². The predicted octanol–water partition coefficient (Wildman–Crippen LogP) is 5.17. The zero-order valence-electron chi connectivity index (χ0n) is 9.61. The average molecular weight is 287 g/mol. The number of benzene rings is 2. The maximum atomic E-state index is 13.9. The van der Waals surface area contributed by atoms with Crippen molar-refractivity contribution in [3.05, 3.63) is 68.7 Å². The van der Waals surface area contributed by atoms with Gasteiger partial charge in [0.05, 0.1) is 5.02 Å². The zero-order valence-corrected chi connectivity index (χ0v) is 11.1. The molecule has 2 aromatic rings. The number of hydrogen-bond acceptors (Lipinski definition) is 0. The molecule has 0 aliphatic carbocycles. The lowest BCUT2D eigenvalue weighted by Gasteiger charge is -2.08. The third-order valence-corrected chi connectivity index (χ3v) is 3.48. The summed E-state index contributed by atoms with van der Waals surface area (Å²) in [7, 11) is 0. The molecule has 0 spiro atoms. The first-order valence-electron chi connectivity index (χ1n) is 5.36. The van der Waals surface area contributed by atoms with Crippen molar-refractivity contribution < 1.29 is 8.78 Å². The Kier molecular flexibility index (Phi) is 3.88. The Labute approximate surface area is 114 Å². The summed E-state index contributed by atoms with van der Waals surface area (Å²) in [6, 6.07) is 7.64. The van der Waals surface area contributed by atoms with Crippen LogP contribution in [-0.2, 0) is 6.42 Å². The van der Waals surface area contributed by atoms with E-state index in [1.165, 1.54) is 12.1 Å². The fourth-order valence-electron chi connectivity index (χ4n) is 1.72. The SMILES string of the molecule is Cc1c(Cl)ccc(Cc2ccc(F)c(Cl)c2)c1F. The van der Waals surface area contributed by atoms with Crippen molar-refractivity contribution in [3.8, 4) is 0 Å². The molecule has 0 aromatic heterocycles. The van der Waals surface area contributed by atoms with Crippen LogP contribution in [0.25, 0.3) is 0 Å². The second-order valence-corrected chi connectivity index (χ2v) is 4.89. The van der Waals surface area contributed by atoms with Crippen molar-refractivity contribution in [1.29, 1.82) is 0 Å². The Morgan fingerprint density at radius 3 is 2.39 bits per heavy atom. The Morgan fingerprint density at radius 2 is 1.72 bits per heavy atom. The molecule has 0 nitrogen and oxygen atoms in total. The highest BCUT2D eigenvalue weighted by Crippen LogP contribution is 2.24. The van der Waals surface area contributed by atoms with Crippen LogP contribution in [0.15, 0.2) is 30.3 Å². The van der Waals surface area contributed by atoms with E-state index in [2.05, 4.69) is 0 Å². The van der Waals surface area contributed by atoms with E-state index in [-0.39, 0.29) is 10.8 Å². The van der Waals surface area contributed by atoms with Crippen LogP contribution in [0.3, 0.4) is 0 Å². The van der Waals surface area contributed by atoms with Gasteiger partial charge in [-0.25, -0.2) is 8.78 Å². The van der Waals surface area contributed by atoms with E-state index in [1.54, 1.807) is 25.1 Å². The van der Waals surface area contributed by atoms with Crippen molar-refractivity contribution in [2.45, 2.75) is 13.3 Å². The number of hydrogen-bond donors (Lipinski definition) is 0. The Hall–Kier alpha value is -1.12. The second kappa shape index (κ2) is 5.25. The van der Waals surface area contributed by atoms with Gasteiger partial charge in [0.2, 0.25) is 0 Å². The van der Waals surface area contributed by atoms with Gasteiger partial charge in [-0.2, -0.15) is 0 Å². The monoisotopic (exact) mass is 286 g/mol. The third kappa shape index (κ3) is 2.65. The minimum Gasteiger partial charge on any atom is -0.206 e. The summed E-state index contributed by atoms with van der Waals surface area (Å²) in [5.74, 6) is -0.809. The molecule has 0 aliphatic rings. The molecule has 0 fully saturated rings. The molecule has 2 aromatic carbocycles. The number of halogens is 4. The van der Waals surface area contributed by atoms with E-state index in [9.17, 15) is 8.78 Å². The molecule has 4 heteroatoms. The summed E-state index contributed by atoms with van der Waals surface area (Å²) < 4.78 is 26.9. The molecule has 0 heterocycles. The van der Waals surface area contributed by atoms with Crippen LogP contribution in [-0.4, -0.2) is 0 Å². The van der Waals surface area contributed by atoms with Gasteiger partial charge < -0.3 is 0 Å². The van der Waals surface area contributed by atoms with Crippen LogP contribution in [0, 0.1) is 18.6 Å². The van der Waals surface area contributed by atoms with E-state index in [4.69, 9.17) is 23.2 Å². The lowest BCUT2D eigenvalue weighted by Crippen LogP contribution is -1.96. The summed E-state index contributed by atoms with van der Waals surface area (Å²) >= 11 is 11.5. The Bertz CT molecular complexity index is 595. The van der Waals surface area contributed by atoms with E-state index in [0.29, 0.717) is 22.6 Å². The maximum absolute atomic E-state index is 13.9. The fourth-order valence-corrected chi connectivity index (χ4v) is 2.07. The van der Waals surface area contributed by atoms with Gasteiger partial charge in [-0.3, -0.25) is 0 Å². The lowest BCUT2D eigenvalue weighted by molar-refractivity contribution is 0.604. The first-order valence-corrected chi connectivity index (χ1v) is 6.12. The molecule has 0 aliphatic heterocycles. The van der Waals surface area contributed by atoms with Crippen molar-refractivity contribution in [3.63, 3.8) is 0 Å². The lowest BCUT2D eigenvalue weighted by atomic mass is 10.0. The highest BCUT2D eigenvalue weighted by atomic mass is 35.5. The van der Waals surface area contributed by atoms with Gasteiger partial charge in [0, 0.05) is 17.0 Å². The van der Waals surface area contributed by atoms with Crippen molar-refractivity contribution in [2.75, 3.05) is 0 Å². The maximum Gasteiger partial charge on any atom is 0.141 e. The molecule has 18 heavy (non-hydrogen) atoms. The highest BCUT2D eigenvalue weighted by Gasteiger charge is 2.10. The van der Waals surface area contributed by atoms with E-state index < -0.39 is 5.82 Å². The summed E-state index contributed by atoms with van der Waals surface area (Å²) in [4.78, 5) is 0. The summed E-state index contributed by atoms with van der Waals surface area (Å²) in [6.07, 6.45) is 0.351. The average Bonchev–Trinajstić information content (AvgIpc) is 2.34. The van der Waals surface area contributed by atoms with Crippen molar-refractivity contribution in [1.82, 2.24) is 0 Å². The fraction of sp³-hybridized carbons (Fsp3) is 0.143. The molecule has 94 valence electrons. The summed E-state index contributed by atoms with van der Waals surface area (Å²) in [5.41, 5.74) is 1.68. The second-order valence-electron chi connectivity index (χ2n) is 4.07. The minimum atomic E-state index is -0.479. The van der Waals surface area contributed by atoms with Gasteiger partial charge in [-0.05, 0) is 36.2 Å². The molecule has 0 unspecified atom stereocenters. The molecular formula is C14H10Cl2F2. The minimum absolute atomic E-state index is 0.0404. The van der Waals surface area contributed by atoms with Crippen molar-refractivity contribution >= 4 is 23.2 Å². The largest absolute Gasteiger partial charge is 0.206 e. The normalized spacial score (nSPS) is 10.7. The smallest absolute Gasteiger partial charge is 0.141 e. The Morgan fingerprint density at radius 1 is 1.00 bits per heavy atom. The molecule has 2 rings (SSSR count). The molecular weight excluding hydrogens is 277 g/mol. The molecule has 0 bridgehead atoms. The molecule has 0 N–H and O–H groups in total. The number of rotatable bonds is 2.